The van der Waals surface area contributed by atoms with Crippen LogP contribution in [0.15, 0.2) is 18.5 Å². The number of aryl methyl sites for hydroxylation is 1. The SMILES string of the molecule is CN(Cc1nnc2n1CCC2)C(=O)c1cnccc1Cl. The molecule has 0 radical (unpaired) electrons. The van der Waals surface area contributed by atoms with Crippen LogP contribution in [0, 0.1) is 0 Å². The van der Waals surface area contributed by atoms with Crippen molar-refractivity contribution in [3.63, 3.8) is 0 Å². The lowest BCUT2D eigenvalue weighted by atomic mass is 10.2. The summed E-state index contributed by atoms with van der Waals surface area (Å²) < 4.78 is 2.08. The summed E-state index contributed by atoms with van der Waals surface area (Å²) in [5.74, 6) is 1.65. The molecule has 0 N–H and O–H groups in total. The van der Waals surface area contributed by atoms with Crippen molar-refractivity contribution >= 4 is 17.5 Å². The molecule has 0 bridgehead atoms. The summed E-state index contributed by atoms with van der Waals surface area (Å²) in [5.41, 5.74) is 0.401. The van der Waals surface area contributed by atoms with Crippen molar-refractivity contribution in [2.24, 2.45) is 0 Å². The first-order valence-corrected chi connectivity index (χ1v) is 6.80. The number of hydrogen-bond acceptors (Lipinski definition) is 4. The summed E-state index contributed by atoms with van der Waals surface area (Å²) in [5, 5.41) is 8.69. The molecular formula is C13H14ClN5O. The van der Waals surface area contributed by atoms with Gasteiger partial charge in [0.15, 0.2) is 5.82 Å². The number of nitrogens with zero attached hydrogens (tertiary/aromatic N) is 5. The monoisotopic (exact) mass is 291 g/mol. The minimum atomic E-state index is -0.168. The van der Waals surface area contributed by atoms with Gasteiger partial charge in [-0.1, -0.05) is 11.6 Å². The molecule has 0 saturated carbocycles. The smallest absolute Gasteiger partial charge is 0.257 e. The Bertz CT molecular complexity index is 654. The summed E-state index contributed by atoms with van der Waals surface area (Å²) >= 11 is 6.02. The Kier molecular flexibility index (Phi) is 3.40. The maximum Gasteiger partial charge on any atom is 0.257 e. The molecule has 1 aliphatic rings. The number of amides is 1. The number of hydrogen-bond donors (Lipinski definition) is 0. The third kappa shape index (κ3) is 2.27. The number of carbonyl (C=O) groups is 1. The Morgan fingerprint density at radius 2 is 2.35 bits per heavy atom. The van der Waals surface area contributed by atoms with Crippen molar-refractivity contribution in [2.45, 2.75) is 25.9 Å². The van der Waals surface area contributed by atoms with Crippen LogP contribution in [0.4, 0.5) is 0 Å². The van der Waals surface area contributed by atoms with Crippen LogP contribution in [0.3, 0.4) is 0 Å². The van der Waals surface area contributed by atoms with Crippen LogP contribution >= 0.6 is 11.6 Å². The highest BCUT2D eigenvalue weighted by Crippen LogP contribution is 2.18. The summed E-state index contributed by atoms with van der Waals surface area (Å²) in [6, 6.07) is 1.61. The number of fused-ring (bicyclic) bond motifs is 1. The summed E-state index contributed by atoms with van der Waals surface area (Å²) in [4.78, 5) is 17.9. The molecule has 0 fully saturated rings. The molecular weight excluding hydrogens is 278 g/mol. The first-order chi connectivity index (χ1) is 9.66. The van der Waals surface area contributed by atoms with Crippen LogP contribution in [0.5, 0.6) is 0 Å². The second kappa shape index (κ2) is 5.20. The van der Waals surface area contributed by atoms with E-state index in [0.717, 1.165) is 31.0 Å². The van der Waals surface area contributed by atoms with Crippen molar-refractivity contribution in [3.8, 4) is 0 Å². The minimum absolute atomic E-state index is 0.168. The standard InChI is InChI=1S/C13H14ClN5O/c1-18(13(20)9-7-15-5-4-10(9)14)8-12-17-16-11-3-2-6-19(11)12/h4-5,7H,2-3,6,8H2,1H3. The van der Waals surface area contributed by atoms with E-state index in [-0.39, 0.29) is 5.91 Å². The lowest BCUT2D eigenvalue weighted by Crippen LogP contribution is -2.28. The fourth-order valence-corrected chi connectivity index (χ4v) is 2.54. The van der Waals surface area contributed by atoms with Gasteiger partial charge < -0.3 is 9.47 Å². The van der Waals surface area contributed by atoms with E-state index >= 15 is 0 Å². The molecule has 2 aromatic heterocycles. The first kappa shape index (κ1) is 13.1. The maximum atomic E-state index is 12.3. The Hall–Kier alpha value is -1.95. The first-order valence-electron chi connectivity index (χ1n) is 6.42. The zero-order valence-corrected chi connectivity index (χ0v) is 11.8. The highest BCUT2D eigenvalue weighted by Gasteiger charge is 2.21. The third-order valence-corrected chi connectivity index (χ3v) is 3.74. The van der Waals surface area contributed by atoms with Gasteiger partial charge in [-0.25, -0.2) is 0 Å². The van der Waals surface area contributed by atoms with E-state index in [1.807, 2.05) is 0 Å². The van der Waals surface area contributed by atoms with Gasteiger partial charge in [-0.05, 0) is 12.5 Å². The van der Waals surface area contributed by atoms with Gasteiger partial charge in [0.2, 0.25) is 0 Å². The van der Waals surface area contributed by atoms with Crippen LogP contribution in [-0.4, -0.2) is 37.6 Å². The van der Waals surface area contributed by atoms with E-state index in [0.29, 0.717) is 17.1 Å². The van der Waals surface area contributed by atoms with E-state index in [1.165, 1.54) is 6.20 Å². The largest absolute Gasteiger partial charge is 0.334 e. The normalized spacial score (nSPS) is 13.3. The molecule has 104 valence electrons. The van der Waals surface area contributed by atoms with Crippen LogP contribution in [0.1, 0.15) is 28.4 Å². The summed E-state index contributed by atoms with van der Waals surface area (Å²) in [6.07, 6.45) is 5.09. The third-order valence-electron chi connectivity index (χ3n) is 3.41. The molecule has 3 heterocycles. The van der Waals surface area contributed by atoms with Crippen molar-refractivity contribution < 1.29 is 4.79 Å². The zero-order valence-electron chi connectivity index (χ0n) is 11.1. The topological polar surface area (TPSA) is 63.9 Å². The average Bonchev–Trinajstić information content (AvgIpc) is 3.03. The Morgan fingerprint density at radius 3 is 3.15 bits per heavy atom. The van der Waals surface area contributed by atoms with Gasteiger partial charge in [0.25, 0.3) is 5.91 Å². The fourth-order valence-electron chi connectivity index (χ4n) is 2.35. The fraction of sp³-hybridized carbons (Fsp3) is 0.385. The van der Waals surface area contributed by atoms with Gasteiger partial charge in [-0.3, -0.25) is 9.78 Å². The average molecular weight is 292 g/mol. The molecule has 2 aromatic rings. The van der Waals surface area contributed by atoms with Gasteiger partial charge in [-0.2, -0.15) is 0 Å². The van der Waals surface area contributed by atoms with E-state index in [1.54, 1.807) is 24.2 Å². The van der Waals surface area contributed by atoms with Gasteiger partial charge in [-0.15, -0.1) is 10.2 Å². The van der Waals surface area contributed by atoms with Crippen molar-refractivity contribution in [3.05, 3.63) is 40.7 Å². The molecule has 0 aliphatic carbocycles. The predicted molar refractivity (Wildman–Crippen MR) is 73.4 cm³/mol. The van der Waals surface area contributed by atoms with Gasteiger partial charge in [0, 0.05) is 32.4 Å². The second-order valence-corrected chi connectivity index (χ2v) is 5.21. The molecule has 0 spiro atoms. The quantitative estimate of drug-likeness (QED) is 0.860. The molecule has 0 saturated heterocycles. The predicted octanol–water partition coefficient (Wildman–Crippen LogP) is 1.54. The highest BCUT2D eigenvalue weighted by molar-refractivity contribution is 6.33. The van der Waals surface area contributed by atoms with Gasteiger partial charge in [0.05, 0.1) is 17.1 Å². The number of aromatic nitrogens is 4. The van der Waals surface area contributed by atoms with Crippen molar-refractivity contribution in [2.75, 3.05) is 7.05 Å². The molecule has 3 rings (SSSR count). The maximum absolute atomic E-state index is 12.3. The lowest BCUT2D eigenvalue weighted by Gasteiger charge is -2.17. The highest BCUT2D eigenvalue weighted by atomic mass is 35.5. The summed E-state index contributed by atoms with van der Waals surface area (Å²) in [7, 11) is 1.72. The molecule has 0 atom stereocenters. The van der Waals surface area contributed by atoms with E-state index < -0.39 is 0 Å². The van der Waals surface area contributed by atoms with Crippen molar-refractivity contribution in [1.29, 1.82) is 0 Å². The molecule has 0 unspecified atom stereocenters. The van der Waals surface area contributed by atoms with E-state index in [2.05, 4.69) is 19.7 Å². The molecule has 1 amide bonds. The Morgan fingerprint density at radius 1 is 1.50 bits per heavy atom. The molecule has 7 heteroatoms. The van der Waals surface area contributed by atoms with Crippen molar-refractivity contribution in [1.82, 2.24) is 24.6 Å². The van der Waals surface area contributed by atoms with Crippen LogP contribution in [-0.2, 0) is 19.5 Å². The molecule has 20 heavy (non-hydrogen) atoms. The van der Waals surface area contributed by atoms with Gasteiger partial charge in [0.1, 0.15) is 5.82 Å². The molecule has 1 aliphatic heterocycles. The number of rotatable bonds is 3. The minimum Gasteiger partial charge on any atom is -0.334 e. The van der Waals surface area contributed by atoms with Crippen LogP contribution < -0.4 is 0 Å². The van der Waals surface area contributed by atoms with E-state index in [9.17, 15) is 4.79 Å². The number of pyridine rings is 1. The van der Waals surface area contributed by atoms with E-state index in [4.69, 9.17) is 11.6 Å². The van der Waals surface area contributed by atoms with Gasteiger partial charge >= 0.3 is 0 Å². The second-order valence-electron chi connectivity index (χ2n) is 4.80. The van der Waals surface area contributed by atoms with Crippen LogP contribution in [0.2, 0.25) is 5.02 Å². The zero-order chi connectivity index (χ0) is 14.1. The lowest BCUT2D eigenvalue weighted by molar-refractivity contribution is 0.0780. The Balaban J connectivity index is 1.78. The Labute approximate surface area is 121 Å². The molecule has 0 aromatic carbocycles. The molecule has 6 nitrogen and oxygen atoms in total. The number of carbonyl (C=O) groups excluding carboxylic acids is 1. The summed E-state index contributed by atoms with van der Waals surface area (Å²) in [6.45, 7) is 1.34. The van der Waals surface area contributed by atoms with Crippen LogP contribution in [0.25, 0.3) is 0 Å². The number of halogens is 1.